The summed E-state index contributed by atoms with van der Waals surface area (Å²) in [5.41, 5.74) is 1.06. The predicted molar refractivity (Wildman–Crippen MR) is 70.2 cm³/mol. The van der Waals surface area contributed by atoms with Gasteiger partial charge in [0.05, 0.1) is 13.6 Å². The molecule has 1 heterocycles. The van der Waals surface area contributed by atoms with Crippen molar-refractivity contribution in [3.63, 3.8) is 0 Å². The molecule has 0 saturated heterocycles. The van der Waals surface area contributed by atoms with Crippen molar-refractivity contribution in [2.75, 3.05) is 6.54 Å². The van der Waals surface area contributed by atoms with Crippen molar-refractivity contribution < 1.29 is 9.59 Å². The number of hydrogen-bond acceptors (Lipinski definition) is 2. The number of hydrogen-bond donors (Lipinski definition) is 1. The molecule has 1 unspecified atom stereocenters. The molecule has 4 heteroatoms. The van der Waals surface area contributed by atoms with E-state index in [2.05, 4.69) is 25.0 Å². The number of nitrogens with one attached hydrogen (secondary N) is 1. The monoisotopic (exact) mass is 247 g/mol. The van der Waals surface area contributed by atoms with Crippen molar-refractivity contribution in [2.45, 2.75) is 25.2 Å². The van der Waals surface area contributed by atoms with E-state index in [-0.39, 0.29) is 17.2 Å². The Hall–Kier alpha value is -1.42. The number of rotatable bonds is 1. The SMILES string of the molecule is C[Si](C)(C)C1CNC(=O)c2ccccc2C1=O. The van der Waals surface area contributed by atoms with Crippen molar-refractivity contribution in [1.29, 1.82) is 0 Å². The average molecular weight is 247 g/mol. The van der Waals surface area contributed by atoms with E-state index in [1.54, 1.807) is 18.2 Å². The molecule has 3 nitrogen and oxygen atoms in total. The highest BCUT2D eigenvalue weighted by Crippen LogP contribution is 2.29. The van der Waals surface area contributed by atoms with Gasteiger partial charge in [-0.2, -0.15) is 0 Å². The Morgan fingerprint density at radius 3 is 2.29 bits per heavy atom. The number of carbonyl (C=O) groups is 2. The molecule has 1 aliphatic rings. The Bertz CT molecular complexity index is 477. The van der Waals surface area contributed by atoms with Gasteiger partial charge in [0.25, 0.3) is 5.91 Å². The lowest BCUT2D eigenvalue weighted by molar-refractivity contribution is 0.0956. The van der Waals surface area contributed by atoms with Gasteiger partial charge in [-0.05, 0) is 6.07 Å². The number of fused-ring (bicyclic) bond motifs is 1. The summed E-state index contributed by atoms with van der Waals surface area (Å²) >= 11 is 0. The van der Waals surface area contributed by atoms with E-state index < -0.39 is 8.07 Å². The van der Waals surface area contributed by atoms with Gasteiger partial charge in [0.2, 0.25) is 0 Å². The molecule has 0 saturated carbocycles. The summed E-state index contributed by atoms with van der Waals surface area (Å²) in [5.74, 6) is -0.00665. The lowest BCUT2D eigenvalue weighted by Crippen LogP contribution is -2.39. The molecular formula is C13H17NO2Si. The van der Waals surface area contributed by atoms with Crippen LogP contribution in [0.4, 0.5) is 0 Å². The van der Waals surface area contributed by atoms with Crippen LogP contribution in [0.25, 0.3) is 0 Å². The van der Waals surface area contributed by atoms with E-state index in [1.165, 1.54) is 0 Å². The van der Waals surface area contributed by atoms with Gasteiger partial charge < -0.3 is 5.32 Å². The van der Waals surface area contributed by atoms with Crippen molar-refractivity contribution >= 4 is 19.8 Å². The van der Waals surface area contributed by atoms with Gasteiger partial charge in [-0.15, -0.1) is 0 Å². The molecule has 1 N–H and O–H groups in total. The maximum absolute atomic E-state index is 12.5. The molecule has 1 atom stereocenters. The minimum absolute atomic E-state index is 0.0323. The second-order valence-electron chi connectivity index (χ2n) is 5.54. The summed E-state index contributed by atoms with van der Waals surface area (Å²) < 4.78 is 0. The molecule has 0 aromatic heterocycles. The smallest absolute Gasteiger partial charge is 0.252 e. The van der Waals surface area contributed by atoms with Gasteiger partial charge in [-0.1, -0.05) is 37.8 Å². The first-order valence-corrected chi connectivity index (χ1v) is 9.40. The molecule has 0 bridgehead atoms. The van der Waals surface area contributed by atoms with E-state index in [4.69, 9.17) is 0 Å². The fourth-order valence-corrected chi connectivity index (χ4v) is 3.82. The summed E-state index contributed by atoms with van der Waals surface area (Å²) in [6, 6.07) is 7.09. The minimum Gasteiger partial charge on any atom is -0.352 e. The first kappa shape index (κ1) is 12.0. The van der Waals surface area contributed by atoms with Crippen molar-refractivity contribution in [2.24, 2.45) is 0 Å². The number of carbonyl (C=O) groups excluding carboxylic acids is 2. The zero-order valence-corrected chi connectivity index (χ0v) is 11.4. The summed E-state index contributed by atoms with van der Waals surface area (Å²) in [5, 5.41) is 2.86. The summed E-state index contributed by atoms with van der Waals surface area (Å²) in [6.45, 7) is 6.96. The normalized spacial score (nSPS) is 20.5. The van der Waals surface area contributed by atoms with Crippen molar-refractivity contribution in [3.05, 3.63) is 35.4 Å². The highest BCUT2D eigenvalue weighted by molar-refractivity contribution is 6.81. The first-order valence-electron chi connectivity index (χ1n) is 5.82. The van der Waals surface area contributed by atoms with Gasteiger partial charge in [0.1, 0.15) is 0 Å². The Balaban J connectivity index is 2.51. The van der Waals surface area contributed by atoms with E-state index >= 15 is 0 Å². The first-order chi connectivity index (χ1) is 7.91. The second-order valence-corrected chi connectivity index (χ2v) is 11.0. The standard InChI is InChI=1S/C13H17NO2Si/c1-17(2,3)11-8-14-13(16)10-7-5-4-6-9(10)12(11)15/h4-7,11H,8H2,1-3H3,(H,14,16). The van der Waals surface area contributed by atoms with E-state index in [0.717, 1.165) is 0 Å². The molecule has 0 radical (unpaired) electrons. The van der Waals surface area contributed by atoms with Gasteiger partial charge in [0.15, 0.2) is 5.78 Å². The number of amides is 1. The van der Waals surface area contributed by atoms with Crippen LogP contribution in [0.5, 0.6) is 0 Å². The Kier molecular flexibility index (Phi) is 2.91. The molecule has 0 aliphatic carbocycles. The molecule has 0 spiro atoms. The van der Waals surface area contributed by atoms with Crippen LogP contribution >= 0.6 is 0 Å². The molecule has 1 amide bonds. The van der Waals surface area contributed by atoms with Crippen LogP contribution in [0.2, 0.25) is 25.2 Å². The van der Waals surface area contributed by atoms with Gasteiger partial charge >= 0.3 is 0 Å². The van der Waals surface area contributed by atoms with Gasteiger partial charge in [0, 0.05) is 17.6 Å². The van der Waals surface area contributed by atoms with Crippen molar-refractivity contribution in [1.82, 2.24) is 5.32 Å². The fourth-order valence-electron chi connectivity index (χ4n) is 2.17. The summed E-state index contributed by atoms with van der Waals surface area (Å²) in [7, 11) is -1.61. The molecule has 1 aliphatic heterocycles. The lowest BCUT2D eigenvalue weighted by Gasteiger charge is -2.26. The highest BCUT2D eigenvalue weighted by atomic mass is 28.3. The zero-order valence-electron chi connectivity index (χ0n) is 10.4. The van der Waals surface area contributed by atoms with Gasteiger partial charge in [-0.3, -0.25) is 9.59 Å². The topological polar surface area (TPSA) is 46.2 Å². The number of benzene rings is 1. The van der Waals surface area contributed by atoms with E-state index in [1.807, 2.05) is 6.07 Å². The fraction of sp³-hybridized carbons (Fsp3) is 0.385. The molecule has 2 rings (SSSR count). The maximum Gasteiger partial charge on any atom is 0.252 e. The minimum atomic E-state index is -1.61. The average Bonchev–Trinajstić information content (AvgIpc) is 2.38. The Morgan fingerprint density at radius 2 is 1.71 bits per heavy atom. The molecule has 90 valence electrons. The third-order valence-corrected chi connectivity index (χ3v) is 5.82. The van der Waals surface area contributed by atoms with Crippen LogP contribution in [-0.4, -0.2) is 26.3 Å². The largest absolute Gasteiger partial charge is 0.352 e. The quantitative estimate of drug-likeness (QED) is 0.774. The third kappa shape index (κ3) is 2.17. The number of Topliss-reactive ketones (excluding diaryl/α,β-unsaturated/α-hetero) is 1. The molecule has 1 aromatic carbocycles. The van der Waals surface area contributed by atoms with Crippen LogP contribution in [0, 0.1) is 0 Å². The van der Waals surface area contributed by atoms with Crippen molar-refractivity contribution in [3.8, 4) is 0 Å². The molecular weight excluding hydrogens is 230 g/mol. The van der Waals surface area contributed by atoms with Crippen LogP contribution in [0.3, 0.4) is 0 Å². The maximum atomic E-state index is 12.5. The third-order valence-electron chi connectivity index (χ3n) is 3.27. The number of ketones is 1. The highest BCUT2D eigenvalue weighted by Gasteiger charge is 2.37. The Morgan fingerprint density at radius 1 is 1.12 bits per heavy atom. The van der Waals surface area contributed by atoms with E-state index in [9.17, 15) is 9.59 Å². The van der Waals surface area contributed by atoms with Gasteiger partial charge in [-0.25, -0.2) is 0 Å². The van der Waals surface area contributed by atoms with Crippen LogP contribution < -0.4 is 5.32 Å². The summed E-state index contributed by atoms with van der Waals surface area (Å²) in [6.07, 6.45) is 0. The molecule has 17 heavy (non-hydrogen) atoms. The Labute approximate surface area is 102 Å². The van der Waals surface area contributed by atoms with Crippen LogP contribution in [0.1, 0.15) is 20.7 Å². The zero-order chi connectivity index (χ0) is 12.6. The predicted octanol–water partition coefficient (Wildman–Crippen LogP) is 2.32. The molecule has 0 fully saturated rings. The second kappa shape index (κ2) is 4.11. The van der Waals surface area contributed by atoms with E-state index in [0.29, 0.717) is 17.7 Å². The summed E-state index contributed by atoms with van der Waals surface area (Å²) in [4.78, 5) is 24.3. The molecule has 1 aromatic rings. The van der Waals surface area contributed by atoms with Crippen LogP contribution in [-0.2, 0) is 0 Å². The van der Waals surface area contributed by atoms with Crippen LogP contribution in [0.15, 0.2) is 24.3 Å². The lowest BCUT2D eigenvalue weighted by atomic mass is 10.0.